The number of hydrogen-bond acceptors (Lipinski definition) is 7. The fourth-order valence-electron chi connectivity index (χ4n) is 2.48. The van der Waals surface area contributed by atoms with Crippen molar-refractivity contribution in [1.82, 2.24) is 0 Å². The van der Waals surface area contributed by atoms with E-state index in [1.807, 2.05) is 0 Å². The van der Waals surface area contributed by atoms with Gasteiger partial charge in [0.25, 0.3) is 0 Å². The Bertz CT molecular complexity index is 850. The van der Waals surface area contributed by atoms with Crippen LogP contribution in [-0.4, -0.2) is 46.6 Å². The van der Waals surface area contributed by atoms with Gasteiger partial charge in [-0.15, -0.1) is 0 Å². The minimum atomic E-state index is -1.27. The van der Waals surface area contributed by atoms with Crippen molar-refractivity contribution in [3.63, 3.8) is 0 Å². The van der Waals surface area contributed by atoms with Crippen LogP contribution in [0.4, 0.5) is 0 Å². The molecular weight excluding hydrogens is 368 g/mol. The molecule has 0 saturated carbocycles. The van der Waals surface area contributed by atoms with Gasteiger partial charge in [0.2, 0.25) is 11.5 Å². The van der Waals surface area contributed by atoms with Crippen LogP contribution in [0.2, 0.25) is 0 Å². The number of rotatable bonds is 9. The Labute approximate surface area is 162 Å². The van der Waals surface area contributed by atoms with Crippen LogP contribution in [0, 0.1) is 0 Å². The Balaban J connectivity index is 2.50. The van der Waals surface area contributed by atoms with Crippen LogP contribution >= 0.6 is 0 Å². The quantitative estimate of drug-likeness (QED) is 0.515. The molecule has 1 N–H and O–H groups in total. The number of benzene rings is 2. The van der Waals surface area contributed by atoms with Crippen LogP contribution in [0.1, 0.15) is 5.56 Å². The van der Waals surface area contributed by atoms with E-state index in [1.54, 1.807) is 30.3 Å². The van der Waals surface area contributed by atoms with Gasteiger partial charge in [0.1, 0.15) is 17.2 Å². The molecular formula is C20H22O8. The zero-order chi connectivity index (χ0) is 20.7. The summed E-state index contributed by atoms with van der Waals surface area (Å²) in [4.78, 5) is 11.7. The lowest BCUT2D eigenvalue weighted by atomic mass is 10.1. The van der Waals surface area contributed by atoms with Crippen LogP contribution in [0.15, 0.2) is 36.1 Å². The molecule has 150 valence electrons. The predicted molar refractivity (Wildman–Crippen MR) is 102 cm³/mol. The van der Waals surface area contributed by atoms with Crippen molar-refractivity contribution in [2.24, 2.45) is 0 Å². The molecule has 8 nitrogen and oxygen atoms in total. The van der Waals surface area contributed by atoms with Crippen molar-refractivity contribution < 1.29 is 38.3 Å². The summed E-state index contributed by atoms with van der Waals surface area (Å²) in [7, 11) is 7.38. The summed E-state index contributed by atoms with van der Waals surface area (Å²) in [6.45, 7) is 0. The molecule has 0 fully saturated rings. The highest BCUT2D eigenvalue weighted by Gasteiger charge is 2.18. The Morgan fingerprint density at radius 2 is 1.36 bits per heavy atom. The molecule has 0 aliphatic rings. The normalized spacial score (nSPS) is 10.8. The molecule has 0 aromatic heterocycles. The van der Waals surface area contributed by atoms with E-state index in [1.165, 1.54) is 41.6 Å². The van der Waals surface area contributed by atoms with E-state index in [0.717, 1.165) is 0 Å². The third-order valence-electron chi connectivity index (χ3n) is 3.78. The maximum atomic E-state index is 11.7. The van der Waals surface area contributed by atoms with E-state index in [-0.39, 0.29) is 11.5 Å². The van der Waals surface area contributed by atoms with Gasteiger partial charge in [-0.05, 0) is 18.2 Å². The minimum Gasteiger partial charge on any atom is -0.496 e. The summed E-state index contributed by atoms with van der Waals surface area (Å²) in [6.07, 6.45) is 1.33. The lowest BCUT2D eigenvalue weighted by Crippen LogP contribution is -2.08. The molecule has 0 bridgehead atoms. The minimum absolute atomic E-state index is 0.240. The smallest absolute Gasteiger partial charge is 0.371 e. The second-order valence-electron chi connectivity index (χ2n) is 5.39. The molecule has 0 saturated heterocycles. The molecule has 0 atom stereocenters. The zero-order valence-electron chi connectivity index (χ0n) is 16.3. The average molecular weight is 390 g/mol. The van der Waals surface area contributed by atoms with Gasteiger partial charge in [0.05, 0.1) is 35.5 Å². The average Bonchev–Trinajstić information content (AvgIpc) is 2.71. The Morgan fingerprint density at radius 1 is 0.786 bits per heavy atom. The van der Waals surface area contributed by atoms with Crippen molar-refractivity contribution >= 4 is 12.0 Å². The Kier molecular flexibility index (Phi) is 6.97. The summed E-state index contributed by atoms with van der Waals surface area (Å²) in [5, 5.41) is 9.59. The van der Waals surface area contributed by atoms with Crippen LogP contribution < -0.4 is 28.4 Å². The molecule has 0 unspecified atom stereocenters. The number of hydrogen-bond donors (Lipinski definition) is 1. The van der Waals surface area contributed by atoms with Crippen LogP contribution in [-0.2, 0) is 4.79 Å². The summed E-state index contributed by atoms with van der Waals surface area (Å²) in [5.74, 6) is 0.667. The highest BCUT2D eigenvalue weighted by Crippen LogP contribution is 2.40. The predicted octanol–water partition coefficient (Wildman–Crippen LogP) is 3.23. The van der Waals surface area contributed by atoms with Gasteiger partial charge in [-0.3, -0.25) is 0 Å². The van der Waals surface area contributed by atoms with Gasteiger partial charge >= 0.3 is 5.97 Å². The first-order valence-electron chi connectivity index (χ1n) is 8.12. The summed E-state index contributed by atoms with van der Waals surface area (Å²) in [5.41, 5.74) is 0.437. The molecule has 0 aliphatic heterocycles. The van der Waals surface area contributed by atoms with Gasteiger partial charge in [-0.25, -0.2) is 4.79 Å². The maximum absolute atomic E-state index is 11.7. The largest absolute Gasteiger partial charge is 0.496 e. The molecule has 0 spiro atoms. The van der Waals surface area contributed by atoms with Crippen molar-refractivity contribution in [3.8, 4) is 34.5 Å². The van der Waals surface area contributed by atoms with Crippen molar-refractivity contribution in [2.45, 2.75) is 0 Å². The molecule has 8 heteroatoms. The fourth-order valence-corrected chi connectivity index (χ4v) is 2.48. The molecule has 0 aliphatic carbocycles. The highest BCUT2D eigenvalue weighted by atomic mass is 16.5. The van der Waals surface area contributed by atoms with Gasteiger partial charge in [-0.2, -0.15) is 0 Å². The van der Waals surface area contributed by atoms with E-state index < -0.39 is 5.97 Å². The van der Waals surface area contributed by atoms with Crippen LogP contribution in [0.25, 0.3) is 6.08 Å². The molecule has 28 heavy (non-hydrogen) atoms. The van der Waals surface area contributed by atoms with E-state index in [2.05, 4.69) is 0 Å². The molecule has 2 rings (SSSR count). The van der Waals surface area contributed by atoms with Gasteiger partial charge in [-0.1, -0.05) is 0 Å². The molecule has 0 amide bonds. The third-order valence-corrected chi connectivity index (χ3v) is 3.78. The van der Waals surface area contributed by atoms with Gasteiger partial charge in [0.15, 0.2) is 11.5 Å². The highest BCUT2D eigenvalue weighted by molar-refractivity contribution is 5.91. The van der Waals surface area contributed by atoms with E-state index in [0.29, 0.717) is 34.3 Å². The van der Waals surface area contributed by atoms with Gasteiger partial charge in [0, 0.05) is 23.8 Å². The second kappa shape index (κ2) is 9.40. The first-order chi connectivity index (χ1) is 13.5. The van der Waals surface area contributed by atoms with E-state index in [9.17, 15) is 9.90 Å². The number of carboxylic acids is 1. The molecule has 2 aromatic rings. The van der Waals surface area contributed by atoms with Crippen molar-refractivity contribution in [1.29, 1.82) is 0 Å². The Hall–Kier alpha value is -3.55. The number of carbonyl (C=O) groups is 1. The standard InChI is InChI=1S/C20H22O8/c1-23-13-9-14(24-2)11-15(10-13)28-17(20(21)22)8-12-6-7-16(25-3)19(27-5)18(12)26-4/h6-11H,1-5H3,(H,21,22). The van der Waals surface area contributed by atoms with E-state index >= 15 is 0 Å². The summed E-state index contributed by atoms with van der Waals surface area (Å²) >= 11 is 0. The maximum Gasteiger partial charge on any atom is 0.371 e. The van der Waals surface area contributed by atoms with E-state index in [4.69, 9.17) is 28.4 Å². The SMILES string of the molecule is COc1cc(OC)cc(OC(=Cc2ccc(OC)c(OC)c2OC)C(=O)O)c1. The lowest BCUT2D eigenvalue weighted by Gasteiger charge is -2.15. The number of aliphatic carboxylic acids is 1. The molecule has 0 heterocycles. The van der Waals surface area contributed by atoms with Crippen LogP contribution in [0.5, 0.6) is 34.5 Å². The number of methoxy groups -OCH3 is 5. The number of carboxylic acid groups (broad SMARTS) is 1. The monoisotopic (exact) mass is 390 g/mol. The Morgan fingerprint density at radius 3 is 1.82 bits per heavy atom. The lowest BCUT2D eigenvalue weighted by molar-refractivity contribution is -0.134. The number of ether oxygens (including phenoxy) is 6. The summed E-state index contributed by atoms with van der Waals surface area (Å²) < 4.78 is 31.8. The third kappa shape index (κ3) is 4.59. The van der Waals surface area contributed by atoms with Crippen molar-refractivity contribution in [3.05, 3.63) is 41.7 Å². The first kappa shape index (κ1) is 20.8. The van der Waals surface area contributed by atoms with Crippen molar-refractivity contribution in [2.75, 3.05) is 35.5 Å². The second-order valence-corrected chi connectivity index (χ2v) is 5.39. The fraction of sp³-hybridized carbons (Fsp3) is 0.250. The van der Waals surface area contributed by atoms with Crippen LogP contribution in [0.3, 0.4) is 0 Å². The molecule has 0 radical (unpaired) electrons. The van der Waals surface area contributed by atoms with Gasteiger partial charge < -0.3 is 33.5 Å². The topological polar surface area (TPSA) is 92.7 Å². The summed E-state index contributed by atoms with van der Waals surface area (Å²) in [6, 6.07) is 8.02. The first-order valence-corrected chi connectivity index (χ1v) is 8.12. The molecule has 2 aromatic carbocycles. The zero-order valence-corrected chi connectivity index (χ0v) is 16.3.